The first-order valence-corrected chi connectivity index (χ1v) is 6.88. The van der Waals surface area contributed by atoms with E-state index in [1.807, 2.05) is 0 Å². The standard InChI is InChI=1S/C16H24N2/c1-11(2)13-5-6-16-15(9-13)14(7-8-17)10-18(16)12(3)4/h5-6,9-12H,7-8,17H2,1-4H3. The Kier molecular flexibility index (Phi) is 3.76. The molecular weight excluding hydrogens is 220 g/mol. The molecule has 2 aromatic rings. The van der Waals surface area contributed by atoms with Gasteiger partial charge in [0, 0.05) is 23.1 Å². The van der Waals surface area contributed by atoms with Crippen LogP contribution >= 0.6 is 0 Å². The van der Waals surface area contributed by atoms with Crippen molar-refractivity contribution in [3.63, 3.8) is 0 Å². The predicted molar refractivity (Wildman–Crippen MR) is 79.2 cm³/mol. The summed E-state index contributed by atoms with van der Waals surface area (Å²) < 4.78 is 2.35. The number of aromatic nitrogens is 1. The van der Waals surface area contributed by atoms with Crippen molar-refractivity contribution in [2.45, 2.75) is 46.1 Å². The number of benzene rings is 1. The Hall–Kier alpha value is -1.28. The smallest absolute Gasteiger partial charge is 0.0485 e. The molecule has 98 valence electrons. The zero-order valence-corrected chi connectivity index (χ0v) is 11.9. The predicted octanol–water partition coefficient (Wildman–Crippen LogP) is 3.85. The molecule has 0 atom stereocenters. The molecule has 0 unspecified atom stereocenters. The zero-order valence-electron chi connectivity index (χ0n) is 11.9. The summed E-state index contributed by atoms with van der Waals surface area (Å²) in [6.07, 6.45) is 3.23. The minimum atomic E-state index is 0.490. The van der Waals surface area contributed by atoms with E-state index in [2.05, 4.69) is 56.7 Å². The number of rotatable bonds is 4. The van der Waals surface area contributed by atoms with Gasteiger partial charge in [-0.05, 0) is 56.0 Å². The van der Waals surface area contributed by atoms with Crippen LogP contribution in [0.25, 0.3) is 10.9 Å². The summed E-state index contributed by atoms with van der Waals surface area (Å²) in [5, 5.41) is 1.38. The summed E-state index contributed by atoms with van der Waals surface area (Å²) in [4.78, 5) is 0. The Morgan fingerprint density at radius 2 is 1.89 bits per heavy atom. The molecule has 2 N–H and O–H groups in total. The third-order valence-corrected chi connectivity index (χ3v) is 3.58. The molecule has 18 heavy (non-hydrogen) atoms. The molecule has 2 nitrogen and oxygen atoms in total. The normalized spacial score (nSPS) is 11.9. The maximum Gasteiger partial charge on any atom is 0.0485 e. The fourth-order valence-corrected chi connectivity index (χ4v) is 2.48. The van der Waals surface area contributed by atoms with Gasteiger partial charge in [0.25, 0.3) is 0 Å². The quantitative estimate of drug-likeness (QED) is 0.870. The summed E-state index contributed by atoms with van der Waals surface area (Å²) in [5.41, 5.74) is 9.84. The first kappa shape index (κ1) is 13.2. The lowest BCUT2D eigenvalue weighted by Crippen LogP contribution is -2.02. The molecule has 0 saturated heterocycles. The van der Waals surface area contributed by atoms with Gasteiger partial charge in [-0.3, -0.25) is 0 Å². The maximum absolute atomic E-state index is 5.73. The summed E-state index contributed by atoms with van der Waals surface area (Å²) in [6.45, 7) is 9.64. The topological polar surface area (TPSA) is 30.9 Å². The highest BCUT2D eigenvalue weighted by atomic mass is 15.0. The number of nitrogens with zero attached hydrogens (tertiary/aromatic N) is 1. The second kappa shape index (κ2) is 5.15. The van der Waals surface area contributed by atoms with E-state index >= 15 is 0 Å². The van der Waals surface area contributed by atoms with Crippen molar-refractivity contribution < 1.29 is 0 Å². The Morgan fingerprint density at radius 3 is 2.44 bits per heavy atom. The third kappa shape index (κ3) is 2.30. The van der Waals surface area contributed by atoms with Crippen LogP contribution in [0, 0.1) is 0 Å². The van der Waals surface area contributed by atoms with Gasteiger partial charge in [-0.25, -0.2) is 0 Å². The molecule has 0 aliphatic carbocycles. The maximum atomic E-state index is 5.73. The molecule has 2 heteroatoms. The lowest BCUT2D eigenvalue weighted by molar-refractivity contribution is 0.620. The van der Waals surface area contributed by atoms with Crippen LogP contribution in [0.5, 0.6) is 0 Å². The van der Waals surface area contributed by atoms with Crippen molar-refractivity contribution in [1.82, 2.24) is 4.57 Å². The van der Waals surface area contributed by atoms with E-state index in [0.29, 0.717) is 18.5 Å². The fourth-order valence-electron chi connectivity index (χ4n) is 2.48. The summed E-state index contributed by atoms with van der Waals surface area (Å²) in [6, 6.07) is 7.33. The van der Waals surface area contributed by atoms with Crippen LogP contribution in [0.1, 0.15) is 50.8 Å². The number of hydrogen-bond donors (Lipinski definition) is 1. The van der Waals surface area contributed by atoms with Gasteiger partial charge in [0.15, 0.2) is 0 Å². The molecular formula is C16H24N2. The summed E-state index contributed by atoms with van der Waals surface area (Å²) in [5.74, 6) is 0.572. The molecule has 0 spiro atoms. The lowest BCUT2D eigenvalue weighted by atomic mass is 10.00. The van der Waals surface area contributed by atoms with Crippen LogP contribution in [-0.4, -0.2) is 11.1 Å². The van der Waals surface area contributed by atoms with Crippen molar-refractivity contribution >= 4 is 10.9 Å². The highest BCUT2D eigenvalue weighted by Crippen LogP contribution is 2.28. The van der Waals surface area contributed by atoms with Crippen LogP contribution in [-0.2, 0) is 6.42 Å². The van der Waals surface area contributed by atoms with Crippen molar-refractivity contribution in [3.05, 3.63) is 35.5 Å². The van der Waals surface area contributed by atoms with Gasteiger partial charge < -0.3 is 10.3 Å². The second-order valence-corrected chi connectivity index (χ2v) is 5.63. The third-order valence-electron chi connectivity index (χ3n) is 3.58. The molecule has 0 aliphatic rings. The molecule has 0 fully saturated rings. The van der Waals surface area contributed by atoms with Gasteiger partial charge in [0.05, 0.1) is 0 Å². The number of fused-ring (bicyclic) bond motifs is 1. The van der Waals surface area contributed by atoms with Gasteiger partial charge in [0.2, 0.25) is 0 Å². The van der Waals surface area contributed by atoms with Crippen molar-refractivity contribution in [2.75, 3.05) is 6.54 Å². The molecule has 1 aromatic carbocycles. The van der Waals surface area contributed by atoms with E-state index in [9.17, 15) is 0 Å². The first-order valence-electron chi connectivity index (χ1n) is 6.88. The highest BCUT2D eigenvalue weighted by Gasteiger charge is 2.11. The average Bonchev–Trinajstić information content (AvgIpc) is 2.68. The Bertz CT molecular complexity index is 535. The number of nitrogens with two attached hydrogens (primary N) is 1. The minimum absolute atomic E-state index is 0.490. The SMILES string of the molecule is CC(C)c1ccc2c(c1)c(CCN)cn2C(C)C. The summed E-state index contributed by atoms with van der Waals surface area (Å²) >= 11 is 0. The van der Waals surface area contributed by atoms with Gasteiger partial charge >= 0.3 is 0 Å². The van der Waals surface area contributed by atoms with E-state index in [1.165, 1.54) is 22.0 Å². The van der Waals surface area contributed by atoms with E-state index in [-0.39, 0.29) is 0 Å². The van der Waals surface area contributed by atoms with Crippen LogP contribution in [0.4, 0.5) is 0 Å². The van der Waals surface area contributed by atoms with Gasteiger partial charge in [0.1, 0.15) is 0 Å². The fraction of sp³-hybridized carbons (Fsp3) is 0.500. The van der Waals surface area contributed by atoms with Gasteiger partial charge in [-0.2, -0.15) is 0 Å². The van der Waals surface area contributed by atoms with Gasteiger partial charge in [-0.1, -0.05) is 19.9 Å². The molecule has 0 amide bonds. The summed E-state index contributed by atoms with van der Waals surface area (Å²) in [7, 11) is 0. The first-order chi connectivity index (χ1) is 8.54. The van der Waals surface area contributed by atoms with E-state index in [0.717, 1.165) is 6.42 Å². The average molecular weight is 244 g/mol. The Balaban J connectivity index is 2.63. The molecule has 1 aromatic heterocycles. The van der Waals surface area contributed by atoms with Crippen LogP contribution in [0.15, 0.2) is 24.4 Å². The minimum Gasteiger partial charge on any atom is -0.345 e. The molecule has 1 heterocycles. The van der Waals surface area contributed by atoms with Crippen LogP contribution < -0.4 is 5.73 Å². The Morgan fingerprint density at radius 1 is 1.17 bits per heavy atom. The van der Waals surface area contributed by atoms with Crippen molar-refractivity contribution in [3.8, 4) is 0 Å². The highest BCUT2D eigenvalue weighted by molar-refractivity contribution is 5.85. The van der Waals surface area contributed by atoms with Gasteiger partial charge in [-0.15, -0.1) is 0 Å². The second-order valence-electron chi connectivity index (χ2n) is 5.63. The number of hydrogen-bond acceptors (Lipinski definition) is 1. The molecule has 0 saturated carbocycles. The van der Waals surface area contributed by atoms with Crippen molar-refractivity contribution in [1.29, 1.82) is 0 Å². The van der Waals surface area contributed by atoms with E-state index in [1.54, 1.807) is 0 Å². The molecule has 0 radical (unpaired) electrons. The van der Waals surface area contributed by atoms with E-state index in [4.69, 9.17) is 5.73 Å². The molecule has 0 bridgehead atoms. The van der Waals surface area contributed by atoms with Crippen LogP contribution in [0.2, 0.25) is 0 Å². The molecule has 0 aliphatic heterocycles. The van der Waals surface area contributed by atoms with Crippen LogP contribution in [0.3, 0.4) is 0 Å². The lowest BCUT2D eigenvalue weighted by Gasteiger charge is -2.10. The van der Waals surface area contributed by atoms with E-state index < -0.39 is 0 Å². The van der Waals surface area contributed by atoms with Crippen molar-refractivity contribution in [2.24, 2.45) is 5.73 Å². The molecule has 2 rings (SSSR count). The largest absolute Gasteiger partial charge is 0.345 e. The zero-order chi connectivity index (χ0) is 13.3. The Labute approximate surface area is 110 Å². The monoisotopic (exact) mass is 244 g/mol.